The number of anilines is 1. The Morgan fingerprint density at radius 2 is 2.16 bits per heavy atom. The van der Waals surface area contributed by atoms with E-state index >= 15 is 0 Å². The highest BCUT2D eigenvalue weighted by Crippen LogP contribution is 2.28. The van der Waals surface area contributed by atoms with Crippen LogP contribution >= 0.6 is 15.9 Å². The minimum Gasteiger partial charge on any atom is -0.463 e. The molecule has 3 nitrogen and oxygen atoms in total. The first kappa shape index (κ1) is 15.6. The van der Waals surface area contributed by atoms with Gasteiger partial charge in [-0.15, -0.1) is 0 Å². The second-order valence-corrected chi connectivity index (χ2v) is 4.36. The van der Waals surface area contributed by atoms with E-state index in [1.165, 1.54) is 19.1 Å². The summed E-state index contributed by atoms with van der Waals surface area (Å²) in [6, 6.07) is 6.17. The van der Waals surface area contributed by atoms with Crippen LogP contribution in [0.1, 0.15) is 6.92 Å². The summed E-state index contributed by atoms with van der Waals surface area (Å²) in [5.74, 6) is -1.04. The molecule has 1 aromatic rings. The van der Waals surface area contributed by atoms with Crippen molar-refractivity contribution in [1.29, 1.82) is 0 Å². The summed E-state index contributed by atoms with van der Waals surface area (Å²) in [4.78, 5) is 11.1. The molecule has 0 spiro atoms. The lowest BCUT2D eigenvalue weighted by atomic mass is 10.3. The largest absolute Gasteiger partial charge is 0.463 e. The molecule has 0 radical (unpaired) electrons. The fourth-order valence-electron chi connectivity index (χ4n) is 1.21. The highest BCUT2D eigenvalue weighted by Gasteiger charge is 2.35. The van der Waals surface area contributed by atoms with Gasteiger partial charge in [-0.3, -0.25) is 0 Å². The third kappa shape index (κ3) is 5.34. The molecule has 19 heavy (non-hydrogen) atoms. The fourth-order valence-corrected chi connectivity index (χ4v) is 1.61. The van der Waals surface area contributed by atoms with Crippen LogP contribution in [-0.4, -0.2) is 18.8 Å². The number of halogens is 4. The zero-order chi connectivity index (χ0) is 14.5. The second kappa shape index (κ2) is 6.60. The van der Waals surface area contributed by atoms with Crippen molar-refractivity contribution in [3.63, 3.8) is 0 Å². The Bertz CT molecular complexity index is 486. The van der Waals surface area contributed by atoms with Gasteiger partial charge >= 0.3 is 12.1 Å². The molecule has 0 saturated carbocycles. The van der Waals surface area contributed by atoms with Crippen LogP contribution in [0.4, 0.5) is 18.9 Å². The van der Waals surface area contributed by atoms with Crippen molar-refractivity contribution in [3.05, 3.63) is 40.5 Å². The molecule has 1 rings (SSSR count). The molecule has 0 saturated heterocycles. The van der Waals surface area contributed by atoms with Crippen LogP contribution in [0.25, 0.3) is 0 Å². The molecule has 0 aromatic heterocycles. The van der Waals surface area contributed by atoms with Crippen molar-refractivity contribution in [2.24, 2.45) is 0 Å². The maximum atomic E-state index is 12.8. The predicted octanol–water partition coefficient (Wildman–Crippen LogP) is 3.87. The Hall–Kier alpha value is -1.50. The van der Waals surface area contributed by atoms with Gasteiger partial charge in [0.25, 0.3) is 0 Å². The molecule has 0 unspecified atom stereocenters. The Kier molecular flexibility index (Phi) is 5.41. The Labute approximate surface area is 116 Å². The predicted molar refractivity (Wildman–Crippen MR) is 68.5 cm³/mol. The molecule has 0 bridgehead atoms. The van der Waals surface area contributed by atoms with E-state index in [-0.39, 0.29) is 12.3 Å². The topological polar surface area (TPSA) is 38.3 Å². The van der Waals surface area contributed by atoms with Crippen molar-refractivity contribution >= 4 is 27.6 Å². The van der Waals surface area contributed by atoms with E-state index in [9.17, 15) is 18.0 Å². The number of nitrogens with one attached hydrogen (secondary N) is 1. The molecule has 7 heteroatoms. The van der Waals surface area contributed by atoms with Gasteiger partial charge in [-0.1, -0.05) is 22.0 Å². The minimum atomic E-state index is -4.67. The molecule has 0 aliphatic rings. The highest BCUT2D eigenvalue weighted by atomic mass is 79.9. The Morgan fingerprint density at radius 1 is 1.47 bits per heavy atom. The van der Waals surface area contributed by atoms with Crippen molar-refractivity contribution in [3.8, 4) is 0 Å². The lowest BCUT2D eigenvalue weighted by Crippen LogP contribution is -2.21. The minimum absolute atomic E-state index is 0.0113. The third-order valence-corrected chi connectivity index (χ3v) is 2.45. The zero-order valence-corrected chi connectivity index (χ0v) is 11.5. The molecule has 0 amide bonds. The van der Waals surface area contributed by atoms with Gasteiger partial charge in [0.2, 0.25) is 0 Å². The van der Waals surface area contributed by atoms with Crippen molar-refractivity contribution in [2.45, 2.75) is 13.1 Å². The van der Waals surface area contributed by atoms with Crippen LogP contribution in [-0.2, 0) is 9.53 Å². The third-order valence-electron chi connectivity index (χ3n) is 1.96. The van der Waals surface area contributed by atoms with Crippen LogP contribution in [0, 0.1) is 0 Å². The first-order chi connectivity index (χ1) is 8.82. The lowest BCUT2D eigenvalue weighted by molar-refractivity contribution is -0.138. The smallest absolute Gasteiger partial charge is 0.431 e. The summed E-state index contributed by atoms with van der Waals surface area (Å²) in [7, 11) is 0. The molecule has 1 aromatic carbocycles. The Balaban J connectivity index is 2.96. The summed E-state index contributed by atoms with van der Waals surface area (Å²) >= 11 is 3.15. The van der Waals surface area contributed by atoms with Crippen molar-refractivity contribution in [1.82, 2.24) is 0 Å². The van der Waals surface area contributed by atoms with Gasteiger partial charge in [-0.2, -0.15) is 13.2 Å². The standard InChI is InChI=1S/C12H11BrF3NO2/c1-2-19-11(18)7-10(12(14,15)16)17-9-5-3-4-8(13)6-9/h3-7,17H,2H2,1H3/b10-7+. The number of alkyl halides is 3. The van der Waals surface area contributed by atoms with E-state index in [2.05, 4.69) is 26.0 Å². The normalized spacial score (nSPS) is 12.2. The molecule has 104 valence electrons. The fraction of sp³-hybridized carbons (Fsp3) is 0.250. The summed E-state index contributed by atoms with van der Waals surface area (Å²) in [6.45, 7) is 1.53. The van der Waals surface area contributed by atoms with Gasteiger partial charge in [0.1, 0.15) is 5.70 Å². The lowest BCUT2D eigenvalue weighted by Gasteiger charge is -2.14. The van der Waals surface area contributed by atoms with Crippen molar-refractivity contribution in [2.75, 3.05) is 11.9 Å². The molecular formula is C12H11BrF3NO2. The monoisotopic (exact) mass is 337 g/mol. The maximum Gasteiger partial charge on any atom is 0.431 e. The van der Waals surface area contributed by atoms with E-state index in [1.54, 1.807) is 12.1 Å². The number of benzene rings is 1. The number of hydrogen-bond acceptors (Lipinski definition) is 3. The van der Waals surface area contributed by atoms with Gasteiger partial charge in [0.05, 0.1) is 12.7 Å². The summed E-state index contributed by atoms with van der Waals surface area (Å²) in [6.07, 6.45) is -4.28. The van der Waals surface area contributed by atoms with Gasteiger partial charge in [-0.25, -0.2) is 4.79 Å². The van der Waals surface area contributed by atoms with Crippen LogP contribution < -0.4 is 5.32 Å². The first-order valence-electron chi connectivity index (χ1n) is 5.31. The van der Waals surface area contributed by atoms with Gasteiger partial charge in [-0.05, 0) is 25.1 Å². The SMILES string of the molecule is CCOC(=O)/C=C(/Nc1cccc(Br)c1)C(F)(F)F. The van der Waals surface area contributed by atoms with Gasteiger partial charge < -0.3 is 10.1 Å². The quantitative estimate of drug-likeness (QED) is 0.669. The van der Waals surface area contributed by atoms with E-state index in [0.29, 0.717) is 10.5 Å². The van der Waals surface area contributed by atoms with Crippen LogP contribution in [0.2, 0.25) is 0 Å². The summed E-state index contributed by atoms with van der Waals surface area (Å²) < 4.78 is 43.4. The highest BCUT2D eigenvalue weighted by molar-refractivity contribution is 9.10. The van der Waals surface area contributed by atoms with Crippen molar-refractivity contribution < 1.29 is 22.7 Å². The number of ether oxygens (including phenoxy) is 1. The molecule has 1 N–H and O–H groups in total. The second-order valence-electron chi connectivity index (χ2n) is 3.44. The molecule has 0 atom stereocenters. The molecule has 0 aliphatic carbocycles. The van der Waals surface area contributed by atoms with Gasteiger partial charge in [0, 0.05) is 10.2 Å². The number of esters is 1. The van der Waals surface area contributed by atoms with E-state index < -0.39 is 17.8 Å². The van der Waals surface area contributed by atoms with Crippen LogP contribution in [0.5, 0.6) is 0 Å². The molecule has 0 aliphatic heterocycles. The van der Waals surface area contributed by atoms with E-state index in [4.69, 9.17) is 0 Å². The van der Waals surface area contributed by atoms with E-state index in [1.807, 2.05) is 0 Å². The Morgan fingerprint density at radius 3 is 2.68 bits per heavy atom. The summed E-state index contributed by atoms with van der Waals surface area (Å²) in [5.41, 5.74) is -0.966. The average molecular weight is 338 g/mol. The number of rotatable bonds is 4. The van der Waals surface area contributed by atoms with Crippen LogP contribution in [0.15, 0.2) is 40.5 Å². The number of carbonyl (C=O) groups is 1. The zero-order valence-electron chi connectivity index (χ0n) is 9.92. The van der Waals surface area contributed by atoms with Gasteiger partial charge in [0.15, 0.2) is 0 Å². The number of hydrogen-bond donors (Lipinski definition) is 1. The summed E-state index contributed by atoms with van der Waals surface area (Å²) in [5, 5.41) is 2.15. The first-order valence-corrected chi connectivity index (χ1v) is 6.10. The molecular weight excluding hydrogens is 327 g/mol. The molecule has 0 heterocycles. The van der Waals surface area contributed by atoms with Crippen LogP contribution in [0.3, 0.4) is 0 Å². The molecule has 0 fully saturated rings. The number of allylic oxidation sites excluding steroid dienone is 1. The maximum absolute atomic E-state index is 12.8. The van der Waals surface area contributed by atoms with E-state index in [0.717, 1.165) is 0 Å². The average Bonchev–Trinajstić information content (AvgIpc) is 2.27. The number of carbonyl (C=O) groups excluding carboxylic acids is 1.